The number of thiophene rings is 1. The minimum absolute atomic E-state index is 0.0537. The molecule has 0 atom stereocenters. The number of allylic oxidation sites excluding steroid dienone is 1. The Bertz CT molecular complexity index is 881. The molecule has 0 bridgehead atoms. The van der Waals surface area contributed by atoms with Gasteiger partial charge in [0.05, 0.1) is 18.0 Å². The van der Waals surface area contributed by atoms with Gasteiger partial charge in [0.25, 0.3) is 0 Å². The number of aliphatic hydroxyl groups is 1. The average molecular weight is 348 g/mol. The van der Waals surface area contributed by atoms with Crippen LogP contribution in [0.25, 0.3) is 16.5 Å². The van der Waals surface area contributed by atoms with Gasteiger partial charge in [0.2, 0.25) is 0 Å². The molecule has 126 valence electrons. The van der Waals surface area contributed by atoms with Crippen LogP contribution in [-0.2, 0) is 6.61 Å². The van der Waals surface area contributed by atoms with Crippen LogP contribution in [0.1, 0.15) is 11.1 Å². The highest BCUT2D eigenvalue weighted by Gasteiger charge is 2.04. The van der Waals surface area contributed by atoms with Crippen molar-refractivity contribution in [1.29, 1.82) is 0 Å². The van der Waals surface area contributed by atoms with Gasteiger partial charge < -0.3 is 16.2 Å². The molecule has 4 N–H and O–H groups in total. The Hall–Kier alpha value is -2.82. The molecule has 0 spiro atoms. The highest BCUT2D eigenvalue weighted by molar-refractivity contribution is 7.13. The van der Waals surface area contributed by atoms with E-state index in [0.717, 1.165) is 28.1 Å². The molecule has 25 heavy (non-hydrogen) atoms. The number of hydrogen-bond donors (Lipinski definition) is 3. The van der Waals surface area contributed by atoms with E-state index in [1.54, 1.807) is 11.3 Å². The number of anilines is 2. The van der Waals surface area contributed by atoms with Crippen LogP contribution in [0.5, 0.6) is 0 Å². The first-order valence-electron chi connectivity index (χ1n) is 7.93. The summed E-state index contributed by atoms with van der Waals surface area (Å²) in [4.78, 5) is 1.20. The average Bonchev–Trinajstić information content (AvgIpc) is 3.17. The molecule has 3 nitrogen and oxygen atoms in total. The van der Waals surface area contributed by atoms with Crippen LogP contribution in [0, 0.1) is 0 Å². The molecule has 0 saturated carbocycles. The lowest BCUT2D eigenvalue weighted by atomic mass is 10.1. The maximum atomic E-state index is 9.07. The van der Waals surface area contributed by atoms with E-state index in [1.165, 1.54) is 4.88 Å². The number of rotatable bonds is 6. The van der Waals surface area contributed by atoms with E-state index >= 15 is 0 Å². The zero-order valence-electron chi connectivity index (χ0n) is 13.8. The second-order valence-electron chi connectivity index (χ2n) is 5.66. The first kappa shape index (κ1) is 17.0. The predicted molar refractivity (Wildman–Crippen MR) is 108 cm³/mol. The van der Waals surface area contributed by atoms with E-state index in [0.29, 0.717) is 5.69 Å². The van der Waals surface area contributed by atoms with Crippen molar-refractivity contribution in [2.24, 2.45) is 0 Å². The van der Waals surface area contributed by atoms with Crippen molar-refractivity contribution in [2.45, 2.75) is 6.61 Å². The molecule has 0 aliphatic rings. The van der Waals surface area contributed by atoms with Crippen molar-refractivity contribution in [3.63, 3.8) is 0 Å². The third kappa shape index (κ3) is 4.38. The van der Waals surface area contributed by atoms with Gasteiger partial charge in [-0.2, -0.15) is 0 Å². The molecule has 1 aromatic heterocycles. The zero-order valence-corrected chi connectivity index (χ0v) is 14.6. The van der Waals surface area contributed by atoms with E-state index in [4.69, 9.17) is 10.8 Å². The lowest BCUT2D eigenvalue weighted by molar-refractivity contribution is 0.282. The molecule has 2 aromatic carbocycles. The van der Waals surface area contributed by atoms with Gasteiger partial charge in [0.15, 0.2) is 0 Å². The summed E-state index contributed by atoms with van der Waals surface area (Å²) < 4.78 is 0. The maximum Gasteiger partial charge on any atom is 0.0681 e. The monoisotopic (exact) mass is 348 g/mol. The van der Waals surface area contributed by atoms with Crippen LogP contribution in [0.3, 0.4) is 0 Å². The molecule has 0 saturated heterocycles. The van der Waals surface area contributed by atoms with Gasteiger partial charge >= 0.3 is 0 Å². The van der Waals surface area contributed by atoms with Crippen molar-refractivity contribution in [3.05, 3.63) is 89.5 Å². The molecule has 3 rings (SSSR count). The molecule has 0 amide bonds. The Morgan fingerprint density at radius 1 is 1.16 bits per heavy atom. The minimum atomic E-state index is 0.0537. The number of nitrogen functional groups attached to an aromatic ring is 1. The molecule has 3 aromatic rings. The van der Waals surface area contributed by atoms with Crippen LogP contribution >= 0.6 is 11.3 Å². The molecule has 0 unspecified atom stereocenters. The zero-order chi connectivity index (χ0) is 17.6. The van der Waals surface area contributed by atoms with Gasteiger partial charge in [-0.1, -0.05) is 49.1 Å². The van der Waals surface area contributed by atoms with Crippen LogP contribution in [0.2, 0.25) is 0 Å². The van der Waals surface area contributed by atoms with E-state index in [9.17, 15) is 0 Å². The lowest BCUT2D eigenvalue weighted by Crippen LogP contribution is -1.99. The number of aliphatic hydroxyl groups excluding tert-OH is 1. The molecule has 4 heteroatoms. The summed E-state index contributed by atoms with van der Waals surface area (Å²) >= 11 is 1.70. The second kappa shape index (κ2) is 7.83. The summed E-state index contributed by atoms with van der Waals surface area (Å²) in [6.45, 7) is 4.10. The first-order valence-corrected chi connectivity index (χ1v) is 8.81. The Morgan fingerprint density at radius 2 is 1.96 bits per heavy atom. The van der Waals surface area contributed by atoms with Gasteiger partial charge in [-0.3, -0.25) is 0 Å². The quantitative estimate of drug-likeness (QED) is 0.427. The van der Waals surface area contributed by atoms with Crippen LogP contribution in [0.4, 0.5) is 11.4 Å². The fourth-order valence-corrected chi connectivity index (χ4v) is 3.13. The van der Waals surface area contributed by atoms with Crippen molar-refractivity contribution >= 4 is 28.8 Å². The van der Waals surface area contributed by atoms with Crippen molar-refractivity contribution in [3.8, 4) is 10.4 Å². The van der Waals surface area contributed by atoms with Gasteiger partial charge in [-0.15, -0.1) is 11.3 Å². The first-order chi connectivity index (χ1) is 12.2. The van der Waals surface area contributed by atoms with Gasteiger partial charge in [-0.25, -0.2) is 0 Å². The summed E-state index contributed by atoms with van der Waals surface area (Å²) in [7, 11) is 0. The summed E-state index contributed by atoms with van der Waals surface area (Å²) in [5.74, 6) is 0. The van der Waals surface area contributed by atoms with Crippen LogP contribution < -0.4 is 11.1 Å². The standard InChI is InChI=1S/C21H20N2OS/c1-15(4-5-16-6-8-17(14-24)9-7-16)23-20-13-18(10-11-19(20)22)21-3-2-12-25-21/h2-13,23-24H,1,14,22H2/b5-4+. The topological polar surface area (TPSA) is 58.3 Å². The van der Waals surface area contributed by atoms with Gasteiger partial charge in [0, 0.05) is 10.6 Å². The summed E-state index contributed by atoms with van der Waals surface area (Å²) in [6, 6.07) is 17.8. The Morgan fingerprint density at radius 3 is 2.64 bits per heavy atom. The molecule has 0 fully saturated rings. The number of nitrogens with two attached hydrogens (primary N) is 1. The summed E-state index contributed by atoms with van der Waals surface area (Å²) in [6.07, 6.45) is 3.88. The molecule has 1 heterocycles. The van der Waals surface area contributed by atoms with Crippen LogP contribution in [-0.4, -0.2) is 5.11 Å². The normalized spacial score (nSPS) is 10.9. The smallest absolute Gasteiger partial charge is 0.0681 e. The lowest BCUT2D eigenvalue weighted by Gasteiger charge is -2.11. The summed E-state index contributed by atoms with van der Waals surface area (Å²) in [5, 5.41) is 14.4. The third-order valence-corrected chi connectivity index (χ3v) is 4.71. The van der Waals surface area contributed by atoms with Crippen LogP contribution in [0.15, 0.2) is 78.3 Å². The van der Waals surface area contributed by atoms with E-state index in [1.807, 2.05) is 60.7 Å². The predicted octanol–water partition coefficient (Wildman–Crippen LogP) is 5.13. The Kier molecular flexibility index (Phi) is 5.33. The number of nitrogens with one attached hydrogen (secondary N) is 1. The number of benzene rings is 2. The molecule has 0 aliphatic carbocycles. The fraction of sp³-hybridized carbons (Fsp3) is 0.0476. The summed E-state index contributed by atoms with van der Waals surface area (Å²) in [5.41, 5.74) is 11.4. The van der Waals surface area contributed by atoms with E-state index in [-0.39, 0.29) is 6.61 Å². The van der Waals surface area contributed by atoms with Gasteiger partial charge in [-0.05, 0) is 46.3 Å². The maximum absolute atomic E-state index is 9.07. The van der Waals surface area contributed by atoms with E-state index in [2.05, 4.69) is 23.3 Å². The van der Waals surface area contributed by atoms with Crippen molar-refractivity contribution in [2.75, 3.05) is 11.1 Å². The highest BCUT2D eigenvalue weighted by atomic mass is 32.1. The largest absolute Gasteiger partial charge is 0.397 e. The third-order valence-electron chi connectivity index (χ3n) is 3.79. The Labute approximate surface area is 151 Å². The second-order valence-corrected chi connectivity index (χ2v) is 6.61. The molecule has 0 radical (unpaired) electrons. The molecular formula is C21H20N2OS. The SMILES string of the molecule is C=C(/C=C/c1ccc(CO)cc1)Nc1cc(-c2cccs2)ccc1N. The van der Waals surface area contributed by atoms with Crippen molar-refractivity contribution < 1.29 is 5.11 Å². The molecule has 0 aliphatic heterocycles. The fourth-order valence-electron chi connectivity index (χ4n) is 2.41. The minimum Gasteiger partial charge on any atom is -0.397 e. The molecular weight excluding hydrogens is 328 g/mol. The highest BCUT2D eigenvalue weighted by Crippen LogP contribution is 2.30. The number of hydrogen-bond acceptors (Lipinski definition) is 4. The Balaban J connectivity index is 1.71. The van der Waals surface area contributed by atoms with Crippen molar-refractivity contribution in [1.82, 2.24) is 0 Å². The van der Waals surface area contributed by atoms with Gasteiger partial charge in [0.1, 0.15) is 0 Å². The van der Waals surface area contributed by atoms with E-state index < -0.39 is 0 Å².